The van der Waals surface area contributed by atoms with Crippen LogP contribution in [0.15, 0.2) is 134 Å². The lowest BCUT2D eigenvalue weighted by Gasteiger charge is -2.18. The summed E-state index contributed by atoms with van der Waals surface area (Å²) in [6.07, 6.45) is 73.4. The minimum atomic E-state index is -0.616. The molecule has 0 aliphatic carbocycles. The monoisotopic (exact) mass is 855 g/mol. The van der Waals surface area contributed by atoms with E-state index in [4.69, 9.17) is 14.2 Å². The first-order valence-electron chi connectivity index (χ1n) is 24.7. The summed E-state index contributed by atoms with van der Waals surface area (Å²) in [6, 6.07) is 0. The third kappa shape index (κ3) is 48.7. The summed E-state index contributed by atoms with van der Waals surface area (Å²) in [7, 11) is 0. The molecule has 0 N–H and O–H groups in total. The molecule has 5 nitrogen and oxygen atoms in total. The number of esters is 2. The molecule has 0 aromatic carbocycles. The molecule has 0 aromatic heterocycles. The molecule has 1 unspecified atom stereocenters. The summed E-state index contributed by atoms with van der Waals surface area (Å²) in [6.45, 7) is 7.39. The molecule has 5 heteroatoms. The minimum Gasteiger partial charge on any atom is -0.462 e. The van der Waals surface area contributed by atoms with Crippen LogP contribution in [0.4, 0.5) is 0 Å². The fraction of sp³-hybridized carbons (Fsp3) is 0.579. The number of ether oxygens (including phenoxy) is 3. The highest BCUT2D eigenvalue weighted by atomic mass is 16.6. The number of rotatable bonds is 43. The van der Waals surface area contributed by atoms with Crippen LogP contribution in [0, 0.1) is 0 Å². The molecular formula is C57H90O5. The maximum absolute atomic E-state index is 12.7. The van der Waals surface area contributed by atoms with Crippen LogP contribution in [0.25, 0.3) is 0 Å². The predicted octanol–water partition coefficient (Wildman–Crippen LogP) is 16.8. The lowest BCUT2D eigenvalue weighted by atomic mass is 10.1. The van der Waals surface area contributed by atoms with E-state index in [0.717, 1.165) is 77.0 Å². The van der Waals surface area contributed by atoms with Crippen molar-refractivity contribution in [2.75, 3.05) is 19.8 Å². The van der Waals surface area contributed by atoms with Crippen LogP contribution in [0.5, 0.6) is 0 Å². The second-order valence-electron chi connectivity index (χ2n) is 15.6. The minimum absolute atomic E-state index is 0.00544. The van der Waals surface area contributed by atoms with Gasteiger partial charge in [0.2, 0.25) is 0 Å². The normalized spacial score (nSPS) is 13.4. The maximum atomic E-state index is 12.7. The summed E-state index contributed by atoms with van der Waals surface area (Å²) in [5.41, 5.74) is 0. The van der Waals surface area contributed by atoms with Gasteiger partial charge in [-0.2, -0.15) is 0 Å². The summed E-state index contributed by atoms with van der Waals surface area (Å²) in [5.74, 6) is -0.603. The molecule has 0 heterocycles. The van der Waals surface area contributed by atoms with E-state index < -0.39 is 6.10 Å². The molecule has 0 aliphatic heterocycles. The molecule has 0 fully saturated rings. The Morgan fingerprint density at radius 3 is 1.16 bits per heavy atom. The number of hydrogen-bond donors (Lipinski definition) is 0. The molecule has 0 spiro atoms. The Balaban J connectivity index is 4.50. The molecule has 1 atom stereocenters. The Bertz CT molecular complexity index is 1330. The van der Waals surface area contributed by atoms with Gasteiger partial charge in [0, 0.05) is 19.4 Å². The van der Waals surface area contributed by atoms with Crippen LogP contribution < -0.4 is 0 Å². The van der Waals surface area contributed by atoms with E-state index in [1.807, 2.05) is 12.2 Å². The highest BCUT2D eigenvalue weighted by molar-refractivity contribution is 5.70. The zero-order valence-electron chi connectivity index (χ0n) is 39.8. The zero-order chi connectivity index (χ0) is 44.9. The first-order chi connectivity index (χ1) is 30.6. The molecule has 0 bridgehead atoms. The van der Waals surface area contributed by atoms with E-state index in [9.17, 15) is 9.59 Å². The van der Waals surface area contributed by atoms with Crippen LogP contribution in [0.3, 0.4) is 0 Å². The van der Waals surface area contributed by atoms with Gasteiger partial charge in [-0.3, -0.25) is 9.59 Å². The topological polar surface area (TPSA) is 61.8 Å². The first kappa shape index (κ1) is 58.0. The van der Waals surface area contributed by atoms with Gasteiger partial charge in [-0.05, 0) is 109 Å². The van der Waals surface area contributed by atoms with Crippen molar-refractivity contribution in [3.63, 3.8) is 0 Å². The van der Waals surface area contributed by atoms with Crippen molar-refractivity contribution in [3.05, 3.63) is 134 Å². The Kier molecular flexibility index (Phi) is 48.1. The van der Waals surface area contributed by atoms with Gasteiger partial charge in [-0.25, -0.2) is 0 Å². The summed E-state index contributed by atoms with van der Waals surface area (Å²) in [4.78, 5) is 25.3. The van der Waals surface area contributed by atoms with Crippen molar-refractivity contribution in [1.29, 1.82) is 0 Å². The van der Waals surface area contributed by atoms with Crippen molar-refractivity contribution in [1.82, 2.24) is 0 Å². The number of hydrogen-bond acceptors (Lipinski definition) is 5. The maximum Gasteiger partial charge on any atom is 0.306 e. The fourth-order valence-corrected chi connectivity index (χ4v) is 6.07. The zero-order valence-corrected chi connectivity index (χ0v) is 39.8. The Hall–Kier alpha value is -3.96. The Morgan fingerprint density at radius 1 is 0.371 bits per heavy atom. The van der Waals surface area contributed by atoms with Crippen LogP contribution >= 0.6 is 0 Å². The highest BCUT2D eigenvalue weighted by Gasteiger charge is 2.17. The van der Waals surface area contributed by atoms with Gasteiger partial charge in [-0.15, -0.1) is 0 Å². The molecule has 0 aliphatic rings. The SMILES string of the molecule is CC/C=C\C/C=C\C/C=C\C/C=C\C/C=C\C/C=C\CCC(=O)OCC(COCCCCCCCC/C=C\CCCCCC)OC(=O)CC/C=C\C/C=C\C/C=C\C/C=C\CC. The van der Waals surface area contributed by atoms with Gasteiger partial charge >= 0.3 is 11.9 Å². The average Bonchev–Trinajstić information content (AvgIpc) is 3.27. The fourth-order valence-electron chi connectivity index (χ4n) is 6.07. The Morgan fingerprint density at radius 2 is 0.726 bits per heavy atom. The molecule has 62 heavy (non-hydrogen) atoms. The van der Waals surface area contributed by atoms with Gasteiger partial charge < -0.3 is 14.2 Å². The van der Waals surface area contributed by atoms with E-state index in [-0.39, 0.29) is 38.0 Å². The lowest BCUT2D eigenvalue weighted by Crippen LogP contribution is -2.30. The summed E-state index contributed by atoms with van der Waals surface area (Å²) < 4.78 is 17.2. The second kappa shape index (κ2) is 51.4. The van der Waals surface area contributed by atoms with Crippen molar-refractivity contribution < 1.29 is 23.8 Å². The van der Waals surface area contributed by atoms with Gasteiger partial charge in [0.25, 0.3) is 0 Å². The standard InChI is InChI=1S/C57H90O5/c1-4-7-10-13-16-19-22-25-27-28-29-30-31-33-35-38-41-44-47-50-56(58)61-54-55(53-60-52-49-46-43-40-37-34-26-23-20-17-14-11-8-5-2)62-57(59)51-48-45-42-39-36-32-24-21-18-15-12-9-6-3/h7,9-10,12,16,18-21,23,25,27,29-30,32-33,35-36,41-42,44-45,55H,4-6,8,11,13-15,17,22,24,26,28,31,34,37-40,43,46-54H2,1-3H3/b10-7-,12-9-,19-16-,21-18-,23-20-,27-25-,30-29-,35-33-,36-32-,44-41-,45-42-. The van der Waals surface area contributed by atoms with Crippen LogP contribution in [-0.2, 0) is 23.8 Å². The molecule has 0 aromatic rings. The number of allylic oxidation sites excluding steroid dienone is 22. The highest BCUT2D eigenvalue weighted by Crippen LogP contribution is 2.10. The van der Waals surface area contributed by atoms with Crippen molar-refractivity contribution in [3.8, 4) is 0 Å². The van der Waals surface area contributed by atoms with Gasteiger partial charge in [0.1, 0.15) is 6.61 Å². The van der Waals surface area contributed by atoms with E-state index in [2.05, 4.69) is 142 Å². The second-order valence-corrected chi connectivity index (χ2v) is 15.6. The molecule has 0 radical (unpaired) electrons. The molecular weight excluding hydrogens is 765 g/mol. The molecule has 0 amide bonds. The Labute approximate surface area is 381 Å². The smallest absolute Gasteiger partial charge is 0.306 e. The third-order valence-corrected chi connectivity index (χ3v) is 9.68. The summed E-state index contributed by atoms with van der Waals surface area (Å²) in [5, 5.41) is 0. The van der Waals surface area contributed by atoms with Crippen LogP contribution in [0.2, 0.25) is 0 Å². The summed E-state index contributed by atoms with van der Waals surface area (Å²) >= 11 is 0. The van der Waals surface area contributed by atoms with Crippen LogP contribution in [0.1, 0.15) is 188 Å². The predicted molar refractivity (Wildman–Crippen MR) is 269 cm³/mol. The van der Waals surface area contributed by atoms with E-state index in [1.54, 1.807) is 0 Å². The van der Waals surface area contributed by atoms with E-state index >= 15 is 0 Å². The number of carbonyl (C=O) groups is 2. The van der Waals surface area contributed by atoms with Gasteiger partial charge in [-0.1, -0.05) is 199 Å². The first-order valence-corrected chi connectivity index (χ1v) is 24.7. The van der Waals surface area contributed by atoms with Gasteiger partial charge in [0.15, 0.2) is 6.10 Å². The van der Waals surface area contributed by atoms with Crippen molar-refractivity contribution in [2.24, 2.45) is 0 Å². The molecule has 0 saturated carbocycles. The lowest BCUT2D eigenvalue weighted by molar-refractivity contribution is -0.162. The third-order valence-electron chi connectivity index (χ3n) is 9.68. The van der Waals surface area contributed by atoms with Crippen molar-refractivity contribution >= 4 is 11.9 Å². The quantitative estimate of drug-likeness (QED) is 0.0347. The van der Waals surface area contributed by atoms with E-state index in [0.29, 0.717) is 19.4 Å². The molecule has 348 valence electrons. The van der Waals surface area contributed by atoms with E-state index in [1.165, 1.54) is 64.2 Å². The average molecular weight is 855 g/mol. The largest absolute Gasteiger partial charge is 0.462 e. The number of carbonyl (C=O) groups excluding carboxylic acids is 2. The molecule has 0 rings (SSSR count). The number of unbranched alkanes of at least 4 members (excludes halogenated alkanes) is 10. The molecule has 0 saturated heterocycles. The van der Waals surface area contributed by atoms with Crippen molar-refractivity contribution in [2.45, 2.75) is 194 Å². The van der Waals surface area contributed by atoms with Gasteiger partial charge in [0.05, 0.1) is 6.61 Å². The van der Waals surface area contributed by atoms with Crippen LogP contribution in [-0.4, -0.2) is 37.9 Å².